The number of nitrogens with one attached hydrogen (secondary N) is 1. The van der Waals surface area contributed by atoms with E-state index in [1.54, 1.807) is 13.8 Å². The van der Waals surface area contributed by atoms with Crippen LogP contribution in [0.4, 0.5) is 0 Å². The summed E-state index contributed by atoms with van der Waals surface area (Å²) < 4.78 is 4.70. The molecule has 72 valence electrons. The average Bonchev–Trinajstić information content (AvgIpc) is 2.52. The van der Waals surface area contributed by atoms with Gasteiger partial charge in [0.25, 0.3) is 5.82 Å². The highest BCUT2D eigenvalue weighted by molar-refractivity contribution is 5.84. The fourth-order valence-electron chi connectivity index (χ4n) is 0.765. The second-order valence-corrected chi connectivity index (χ2v) is 2.55. The molecule has 0 amide bonds. The summed E-state index contributed by atoms with van der Waals surface area (Å²) in [6.45, 7) is 3.77. The summed E-state index contributed by atoms with van der Waals surface area (Å²) in [5.74, 6) is -0.0390. The molecule has 3 N–H and O–H groups in total. The molecule has 0 aliphatic rings. The van der Waals surface area contributed by atoms with Crippen molar-refractivity contribution in [2.45, 2.75) is 19.9 Å². The first-order valence-corrected chi connectivity index (χ1v) is 4.00. The Labute approximate surface area is 75.5 Å². The molecule has 1 aromatic rings. The van der Waals surface area contributed by atoms with Crippen molar-refractivity contribution < 1.29 is 9.53 Å². The smallest absolute Gasteiger partial charge is 0.378 e. The van der Waals surface area contributed by atoms with E-state index in [9.17, 15) is 4.79 Å². The largest absolute Gasteiger partial charge is 0.460 e. The summed E-state index contributed by atoms with van der Waals surface area (Å²) in [7, 11) is 0. The first kappa shape index (κ1) is 9.66. The predicted octanol–water partition coefficient (Wildman–Crippen LogP) is 0.00110. The zero-order valence-electron chi connectivity index (χ0n) is 7.57. The van der Waals surface area contributed by atoms with Gasteiger partial charge < -0.3 is 10.5 Å². The molecule has 0 unspecified atom stereocenters. The number of hydrogen-bond donors (Lipinski definition) is 2. The van der Waals surface area contributed by atoms with Crippen molar-refractivity contribution in [3.05, 3.63) is 11.6 Å². The number of nitrogens with zero attached hydrogens (tertiary/aromatic N) is 2. The van der Waals surface area contributed by atoms with Crippen molar-refractivity contribution in [2.75, 3.05) is 6.61 Å². The van der Waals surface area contributed by atoms with E-state index >= 15 is 0 Å². The van der Waals surface area contributed by atoms with E-state index in [4.69, 9.17) is 10.5 Å². The van der Waals surface area contributed by atoms with Crippen molar-refractivity contribution >= 4 is 5.97 Å². The first-order chi connectivity index (χ1) is 6.15. The second kappa shape index (κ2) is 3.99. The Morgan fingerprint density at radius 2 is 2.46 bits per heavy atom. The number of ether oxygens (including phenoxy) is 1. The van der Waals surface area contributed by atoms with Crippen LogP contribution in [-0.2, 0) is 4.74 Å². The normalized spacial score (nSPS) is 12.5. The lowest BCUT2D eigenvalue weighted by atomic mass is 10.3. The molecule has 0 aliphatic heterocycles. The monoisotopic (exact) mass is 184 g/mol. The van der Waals surface area contributed by atoms with E-state index in [2.05, 4.69) is 15.2 Å². The predicted molar refractivity (Wildman–Crippen MR) is 44.9 cm³/mol. The fraction of sp³-hybridized carbons (Fsp3) is 0.571. The van der Waals surface area contributed by atoms with Gasteiger partial charge in [-0.3, -0.25) is 5.10 Å². The van der Waals surface area contributed by atoms with Crippen molar-refractivity contribution in [3.63, 3.8) is 0 Å². The van der Waals surface area contributed by atoms with Crippen LogP contribution in [0.5, 0.6) is 0 Å². The Kier molecular flexibility index (Phi) is 2.97. The highest BCUT2D eigenvalue weighted by Crippen LogP contribution is 2.02. The first-order valence-electron chi connectivity index (χ1n) is 4.00. The lowest BCUT2D eigenvalue weighted by Crippen LogP contribution is -2.09. The summed E-state index contributed by atoms with van der Waals surface area (Å²) in [6, 6.07) is -0.268. The molecule has 1 rings (SSSR count). The van der Waals surface area contributed by atoms with Gasteiger partial charge in [-0.15, -0.1) is 5.10 Å². The maximum absolute atomic E-state index is 11.1. The van der Waals surface area contributed by atoms with Gasteiger partial charge in [-0.05, 0) is 13.8 Å². The van der Waals surface area contributed by atoms with Crippen molar-refractivity contribution in [3.8, 4) is 0 Å². The highest BCUT2D eigenvalue weighted by atomic mass is 16.5. The molecule has 0 aromatic carbocycles. The molecular formula is C7H12N4O2. The van der Waals surface area contributed by atoms with Crippen LogP contribution in [0.1, 0.15) is 36.3 Å². The molecule has 1 atom stereocenters. The third-order valence-corrected chi connectivity index (χ3v) is 1.39. The van der Waals surface area contributed by atoms with Gasteiger partial charge in [-0.25, -0.2) is 9.78 Å². The summed E-state index contributed by atoms with van der Waals surface area (Å²) in [4.78, 5) is 14.9. The molecule has 1 aromatic heterocycles. The Morgan fingerprint density at radius 3 is 2.92 bits per heavy atom. The molecule has 0 saturated carbocycles. The summed E-state index contributed by atoms with van der Waals surface area (Å²) in [6.07, 6.45) is 0. The van der Waals surface area contributed by atoms with Crippen LogP contribution in [0, 0.1) is 0 Å². The molecule has 6 nitrogen and oxygen atoms in total. The number of carbonyl (C=O) groups is 1. The van der Waals surface area contributed by atoms with Crippen LogP contribution in [0.25, 0.3) is 0 Å². The number of hydrogen-bond acceptors (Lipinski definition) is 5. The zero-order valence-corrected chi connectivity index (χ0v) is 7.57. The minimum Gasteiger partial charge on any atom is -0.460 e. The van der Waals surface area contributed by atoms with Crippen molar-refractivity contribution in [1.82, 2.24) is 15.2 Å². The van der Waals surface area contributed by atoms with Gasteiger partial charge in [-0.1, -0.05) is 0 Å². The molecule has 0 saturated heterocycles. The summed E-state index contributed by atoms with van der Waals surface area (Å²) in [5, 5.41) is 6.22. The van der Waals surface area contributed by atoms with Crippen molar-refractivity contribution in [1.29, 1.82) is 0 Å². The third-order valence-electron chi connectivity index (χ3n) is 1.39. The molecule has 0 aliphatic carbocycles. The lowest BCUT2D eigenvalue weighted by molar-refractivity contribution is 0.0512. The van der Waals surface area contributed by atoms with Gasteiger partial charge in [0, 0.05) is 0 Å². The Morgan fingerprint density at radius 1 is 1.77 bits per heavy atom. The van der Waals surface area contributed by atoms with Gasteiger partial charge in [0.2, 0.25) is 0 Å². The highest BCUT2D eigenvalue weighted by Gasteiger charge is 2.14. The topological polar surface area (TPSA) is 93.9 Å². The summed E-state index contributed by atoms with van der Waals surface area (Å²) >= 11 is 0. The average molecular weight is 184 g/mol. The Bertz CT molecular complexity index is 294. The number of H-pyrrole nitrogens is 1. The quantitative estimate of drug-likeness (QED) is 0.645. The SMILES string of the molecule is CCOC(=O)c1n[nH]c([C@@H](C)N)n1. The molecule has 13 heavy (non-hydrogen) atoms. The minimum absolute atomic E-state index is 0.0224. The minimum atomic E-state index is -0.536. The molecule has 1 heterocycles. The maximum atomic E-state index is 11.1. The van der Waals surface area contributed by atoms with Crippen LogP contribution in [0.15, 0.2) is 0 Å². The van der Waals surface area contributed by atoms with E-state index in [-0.39, 0.29) is 11.9 Å². The van der Waals surface area contributed by atoms with Gasteiger partial charge in [0.1, 0.15) is 5.82 Å². The van der Waals surface area contributed by atoms with Crippen LogP contribution >= 0.6 is 0 Å². The Balaban J connectivity index is 2.73. The lowest BCUT2D eigenvalue weighted by Gasteiger charge is -1.96. The van der Waals surface area contributed by atoms with Gasteiger partial charge in [0.05, 0.1) is 12.6 Å². The van der Waals surface area contributed by atoms with Crippen LogP contribution in [0.2, 0.25) is 0 Å². The number of rotatable bonds is 3. The van der Waals surface area contributed by atoms with Crippen molar-refractivity contribution in [2.24, 2.45) is 5.73 Å². The van der Waals surface area contributed by atoms with Crippen LogP contribution < -0.4 is 5.73 Å². The second-order valence-electron chi connectivity index (χ2n) is 2.55. The number of aromatic amines is 1. The van der Waals surface area contributed by atoms with E-state index in [1.807, 2.05) is 0 Å². The maximum Gasteiger partial charge on any atom is 0.378 e. The van der Waals surface area contributed by atoms with Gasteiger partial charge in [0.15, 0.2) is 0 Å². The molecule has 6 heteroatoms. The van der Waals surface area contributed by atoms with Crippen LogP contribution in [0.3, 0.4) is 0 Å². The zero-order chi connectivity index (χ0) is 9.84. The number of nitrogens with two attached hydrogens (primary N) is 1. The van der Waals surface area contributed by atoms with Gasteiger partial charge in [-0.2, -0.15) is 0 Å². The molecule has 0 spiro atoms. The van der Waals surface area contributed by atoms with E-state index in [1.165, 1.54) is 0 Å². The number of esters is 1. The molecule has 0 fully saturated rings. The number of aromatic nitrogens is 3. The Hall–Kier alpha value is -1.43. The third kappa shape index (κ3) is 2.25. The van der Waals surface area contributed by atoms with E-state index in [0.29, 0.717) is 12.4 Å². The standard InChI is InChI=1S/C7H12N4O2/c1-3-13-7(12)6-9-5(4(2)8)10-11-6/h4H,3,8H2,1-2H3,(H,9,10,11)/t4-/m1/s1. The number of carbonyl (C=O) groups excluding carboxylic acids is 1. The van der Waals surface area contributed by atoms with E-state index < -0.39 is 5.97 Å². The summed E-state index contributed by atoms with van der Waals surface area (Å²) in [5.41, 5.74) is 5.52. The van der Waals surface area contributed by atoms with E-state index in [0.717, 1.165) is 0 Å². The fourth-order valence-corrected chi connectivity index (χ4v) is 0.765. The van der Waals surface area contributed by atoms with Gasteiger partial charge >= 0.3 is 5.97 Å². The molecular weight excluding hydrogens is 172 g/mol. The van der Waals surface area contributed by atoms with Crippen LogP contribution in [-0.4, -0.2) is 27.8 Å². The molecule has 0 radical (unpaired) electrons. The molecule has 0 bridgehead atoms.